The molecule has 0 atom stereocenters. The van der Waals surface area contributed by atoms with Crippen LogP contribution in [0.3, 0.4) is 0 Å². The number of nitrogens with zero attached hydrogens (tertiary/aromatic N) is 5. The van der Waals surface area contributed by atoms with Gasteiger partial charge in [0.25, 0.3) is 0 Å². The number of thiazole rings is 1. The third-order valence-corrected chi connectivity index (χ3v) is 6.10. The van der Waals surface area contributed by atoms with Crippen LogP contribution in [-0.2, 0) is 13.1 Å². The summed E-state index contributed by atoms with van der Waals surface area (Å²) < 4.78 is 10.2. The number of methoxy groups -OCH3 is 1. The molecule has 0 saturated carbocycles. The van der Waals surface area contributed by atoms with Crippen molar-refractivity contribution in [3.8, 4) is 16.3 Å². The molecule has 0 bridgehead atoms. The van der Waals surface area contributed by atoms with Gasteiger partial charge in [-0.2, -0.15) is 0 Å². The Balaban J connectivity index is 1.35. The number of hydrogen-bond acceptors (Lipinski definition) is 7. The number of piperazine rings is 1. The lowest BCUT2D eigenvalue weighted by Crippen LogP contribution is -2.52. The average molecular weight is 441 g/mol. The van der Waals surface area contributed by atoms with Gasteiger partial charge in [-0.15, -0.1) is 11.3 Å². The Morgan fingerprint density at radius 1 is 1.16 bits per heavy atom. The third kappa shape index (κ3) is 5.62. The molecule has 9 heteroatoms. The number of aromatic nitrogens is 2. The van der Waals surface area contributed by atoms with Crippen molar-refractivity contribution in [1.82, 2.24) is 25.3 Å². The van der Waals surface area contributed by atoms with Gasteiger partial charge in [0.1, 0.15) is 17.0 Å². The molecule has 31 heavy (non-hydrogen) atoms. The largest absolute Gasteiger partial charge is 0.497 e. The van der Waals surface area contributed by atoms with Gasteiger partial charge in [0, 0.05) is 56.3 Å². The lowest BCUT2D eigenvalue weighted by Gasteiger charge is -2.36. The van der Waals surface area contributed by atoms with Crippen LogP contribution in [0, 0.1) is 0 Å². The van der Waals surface area contributed by atoms with Crippen molar-refractivity contribution < 1.29 is 9.26 Å². The summed E-state index contributed by atoms with van der Waals surface area (Å²) in [5.74, 6) is 1.80. The minimum absolute atomic E-state index is 0.564. The third-order valence-electron chi connectivity index (χ3n) is 5.16. The van der Waals surface area contributed by atoms with Gasteiger partial charge in [-0.1, -0.05) is 5.16 Å². The predicted molar refractivity (Wildman–Crippen MR) is 122 cm³/mol. The Morgan fingerprint density at radius 3 is 2.65 bits per heavy atom. The lowest BCUT2D eigenvalue weighted by molar-refractivity contribution is 0.169. The standard InChI is InChI=1S/C22H28N6O2S/c1-3-23-22(28-11-9-27(10-12-28)15-18-8-13-30-26-18)24-14-19-16-31-21(25-19)17-4-6-20(29-2)7-5-17/h4-8,13,16H,3,9-12,14-15H2,1-2H3,(H,23,24). The van der Waals surface area contributed by atoms with Crippen molar-refractivity contribution in [2.75, 3.05) is 39.8 Å². The van der Waals surface area contributed by atoms with Crippen molar-refractivity contribution in [3.63, 3.8) is 0 Å². The quantitative estimate of drug-likeness (QED) is 0.447. The van der Waals surface area contributed by atoms with E-state index in [9.17, 15) is 0 Å². The van der Waals surface area contributed by atoms with Crippen LogP contribution in [0.15, 0.2) is 51.5 Å². The summed E-state index contributed by atoms with van der Waals surface area (Å²) in [4.78, 5) is 14.3. The molecule has 1 fully saturated rings. The van der Waals surface area contributed by atoms with Crippen molar-refractivity contribution in [1.29, 1.82) is 0 Å². The summed E-state index contributed by atoms with van der Waals surface area (Å²) >= 11 is 1.64. The average Bonchev–Trinajstić information content (AvgIpc) is 3.50. The zero-order chi connectivity index (χ0) is 21.5. The molecule has 1 N–H and O–H groups in total. The first kappa shape index (κ1) is 21.3. The van der Waals surface area contributed by atoms with Crippen LogP contribution >= 0.6 is 11.3 Å². The molecule has 1 saturated heterocycles. The molecule has 3 heterocycles. The highest BCUT2D eigenvalue weighted by molar-refractivity contribution is 7.13. The molecule has 3 aromatic rings. The number of rotatable bonds is 7. The van der Waals surface area contributed by atoms with Gasteiger partial charge in [-0.25, -0.2) is 9.98 Å². The summed E-state index contributed by atoms with van der Waals surface area (Å²) in [7, 11) is 1.67. The van der Waals surface area contributed by atoms with Crippen LogP contribution in [-0.4, -0.2) is 65.7 Å². The Labute approximate surface area is 186 Å². The van der Waals surface area contributed by atoms with Crippen LogP contribution in [0.25, 0.3) is 10.6 Å². The summed E-state index contributed by atoms with van der Waals surface area (Å²) in [5.41, 5.74) is 3.05. The lowest BCUT2D eigenvalue weighted by atomic mass is 10.2. The van der Waals surface area contributed by atoms with E-state index in [1.165, 1.54) is 0 Å². The number of guanidine groups is 1. The number of nitrogens with one attached hydrogen (secondary N) is 1. The molecule has 1 aromatic carbocycles. The monoisotopic (exact) mass is 440 g/mol. The van der Waals surface area contributed by atoms with Crippen LogP contribution in [0.5, 0.6) is 5.75 Å². The Morgan fingerprint density at radius 2 is 1.97 bits per heavy atom. The smallest absolute Gasteiger partial charge is 0.194 e. The fourth-order valence-electron chi connectivity index (χ4n) is 3.49. The second-order valence-corrected chi connectivity index (χ2v) is 8.15. The Bertz CT molecular complexity index is 962. The van der Waals surface area contributed by atoms with E-state index in [0.29, 0.717) is 6.54 Å². The highest BCUT2D eigenvalue weighted by Crippen LogP contribution is 2.26. The van der Waals surface area contributed by atoms with E-state index >= 15 is 0 Å². The second kappa shape index (κ2) is 10.4. The van der Waals surface area contributed by atoms with Gasteiger partial charge in [0.2, 0.25) is 0 Å². The van der Waals surface area contributed by atoms with E-state index in [4.69, 9.17) is 19.2 Å². The fourth-order valence-corrected chi connectivity index (χ4v) is 4.31. The number of aliphatic imine (C=N–C) groups is 1. The molecule has 0 radical (unpaired) electrons. The van der Waals surface area contributed by atoms with Crippen molar-refractivity contribution in [2.24, 2.45) is 4.99 Å². The van der Waals surface area contributed by atoms with Crippen LogP contribution in [0.1, 0.15) is 18.3 Å². The van der Waals surface area contributed by atoms with Crippen LogP contribution in [0.2, 0.25) is 0 Å². The van der Waals surface area contributed by atoms with E-state index < -0.39 is 0 Å². The molecule has 0 aliphatic carbocycles. The maximum Gasteiger partial charge on any atom is 0.194 e. The van der Waals surface area contributed by atoms with Gasteiger partial charge in [-0.3, -0.25) is 4.90 Å². The van der Waals surface area contributed by atoms with Crippen molar-refractivity contribution >= 4 is 17.3 Å². The summed E-state index contributed by atoms with van der Waals surface area (Å²) in [5, 5.41) is 10.5. The summed E-state index contributed by atoms with van der Waals surface area (Å²) in [6.07, 6.45) is 1.63. The second-order valence-electron chi connectivity index (χ2n) is 7.30. The van der Waals surface area contributed by atoms with E-state index in [1.54, 1.807) is 24.7 Å². The number of ether oxygens (including phenoxy) is 1. The zero-order valence-electron chi connectivity index (χ0n) is 18.0. The normalized spacial score (nSPS) is 15.3. The number of benzene rings is 1. The highest BCUT2D eigenvalue weighted by Gasteiger charge is 2.20. The Hall–Kier alpha value is -2.91. The molecule has 0 unspecified atom stereocenters. The molecule has 164 valence electrons. The highest BCUT2D eigenvalue weighted by atomic mass is 32.1. The topological polar surface area (TPSA) is 79.0 Å². The Kier molecular flexibility index (Phi) is 7.16. The molecule has 2 aromatic heterocycles. The van der Waals surface area contributed by atoms with Gasteiger partial charge in [0.05, 0.1) is 25.0 Å². The molecule has 0 spiro atoms. The minimum atomic E-state index is 0.564. The maximum absolute atomic E-state index is 5.23. The SMILES string of the molecule is CCNC(=NCc1csc(-c2ccc(OC)cc2)n1)N1CCN(Cc2ccon2)CC1. The molecular formula is C22H28N6O2S. The van der Waals surface area contributed by atoms with Gasteiger partial charge < -0.3 is 19.5 Å². The summed E-state index contributed by atoms with van der Waals surface area (Å²) in [6, 6.07) is 9.91. The first-order valence-corrected chi connectivity index (χ1v) is 11.4. The molecule has 8 nitrogen and oxygen atoms in total. The van der Waals surface area contributed by atoms with Gasteiger partial charge in [0.15, 0.2) is 5.96 Å². The van der Waals surface area contributed by atoms with Crippen molar-refractivity contribution in [2.45, 2.75) is 20.0 Å². The predicted octanol–water partition coefficient (Wildman–Crippen LogP) is 3.09. The first-order chi connectivity index (χ1) is 15.2. The molecular weight excluding hydrogens is 412 g/mol. The van der Waals surface area contributed by atoms with Crippen molar-refractivity contribution in [3.05, 3.63) is 53.4 Å². The van der Waals surface area contributed by atoms with E-state index in [1.807, 2.05) is 30.3 Å². The van der Waals surface area contributed by atoms with Gasteiger partial charge >= 0.3 is 0 Å². The van der Waals surface area contributed by atoms with Crippen LogP contribution < -0.4 is 10.1 Å². The molecule has 1 aliphatic rings. The summed E-state index contributed by atoms with van der Waals surface area (Å²) in [6.45, 7) is 8.12. The van der Waals surface area contributed by atoms with E-state index in [-0.39, 0.29) is 0 Å². The first-order valence-electron chi connectivity index (χ1n) is 10.5. The van der Waals surface area contributed by atoms with Gasteiger partial charge in [-0.05, 0) is 31.2 Å². The fraction of sp³-hybridized carbons (Fsp3) is 0.409. The molecule has 0 amide bonds. The number of hydrogen-bond donors (Lipinski definition) is 1. The van der Waals surface area contributed by atoms with E-state index in [0.717, 1.165) is 72.9 Å². The maximum atomic E-state index is 5.23. The minimum Gasteiger partial charge on any atom is -0.497 e. The van der Waals surface area contributed by atoms with Crippen LogP contribution in [0.4, 0.5) is 0 Å². The molecule has 1 aliphatic heterocycles. The van der Waals surface area contributed by atoms with E-state index in [2.05, 4.69) is 32.6 Å². The zero-order valence-corrected chi connectivity index (χ0v) is 18.8. The molecule has 4 rings (SSSR count).